The number of unbranched alkanes of at least 4 members (excludes halogenated alkanes) is 1. The molecule has 0 bridgehead atoms. The van der Waals surface area contributed by atoms with Gasteiger partial charge in [0.1, 0.15) is 0 Å². The number of para-hydroxylation sites is 1. The molecule has 0 spiro atoms. The Kier molecular flexibility index (Phi) is 7.09. The third-order valence-electron chi connectivity index (χ3n) is 4.81. The van der Waals surface area contributed by atoms with E-state index >= 15 is 0 Å². The zero-order valence-corrected chi connectivity index (χ0v) is 16.7. The quantitative estimate of drug-likeness (QED) is 0.570. The van der Waals surface area contributed by atoms with Gasteiger partial charge in [-0.15, -0.1) is 0 Å². The maximum atomic E-state index is 12.9. The summed E-state index contributed by atoms with van der Waals surface area (Å²) >= 11 is 0. The van der Waals surface area contributed by atoms with Gasteiger partial charge in [0, 0.05) is 29.9 Å². The number of nitrogens with one attached hydrogen (secondary N) is 1. The molecule has 0 fully saturated rings. The second kappa shape index (κ2) is 9.95. The van der Waals surface area contributed by atoms with Crippen LogP contribution in [-0.2, 0) is 0 Å². The summed E-state index contributed by atoms with van der Waals surface area (Å²) in [6, 6.07) is 13.5. The van der Waals surface area contributed by atoms with Gasteiger partial charge in [-0.25, -0.2) is 4.98 Å². The maximum Gasteiger partial charge on any atom is 0.252 e. The Labute approximate surface area is 166 Å². The molecule has 5 heteroatoms. The highest BCUT2D eigenvalue weighted by Crippen LogP contribution is 2.24. The Morgan fingerprint density at radius 1 is 1.11 bits per heavy atom. The van der Waals surface area contributed by atoms with Crippen LogP contribution >= 0.6 is 0 Å². The monoisotopic (exact) mass is 376 g/mol. The molecule has 146 valence electrons. The van der Waals surface area contributed by atoms with Crippen molar-refractivity contribution in [3.05, 3.63) is 60.4 Å². The highest BCUT2D eigenvalue weighted by molar-refractivity contribution is 6.07. The third kappa shape index (κ3) is 5.14. The van der Waals surface area contributed by atoms with Gasteiger partial charge in [-0.2, -0.15) is 0 Å². The second-order valence-corrected chi connectivity index (χ2v) is 7.08. The number of aromatic nitrogens is 2. The SMILES string of the molecule is CCCCN(C)CCCNC(=O)c1cc(-c2cccnc2)nc2ccccc12. The molecule has 0 unspecified atom stereocenters. The number of benzene rings is 1. The van der Waals surface area contributed by atoms with Crippen molar-refractivity contribution in [2.45, 2.75) is 26.2 Å². The molecular weight excluding hydrogens is 348 g/mol. The van der Waals surface area contributed by atoms with Crippen molar-refractivity contribution in [1.29, 1.82) is 0 Å². The van der Waals surface area contributed by atoms with Crippen LogP contribution in [0.1, 0.15) is 36.5 Å². The molecule has 0 aliphatic carbocycles. The van der Waals surface area contributed by atoms with Crippen molar-refractivity contribution in [1.82, 2.24) is 20.2 Å². The lowest BCUT2D eigenvalue weighted by molar-refractivity contribution is 0.0953. The molecule has 0 radical (unpaired) electrons. The molecule has 2 aromatic heterocycles. The van der Waals surface area contributed by atoms with Crippen LogP contribution in [0.4, 0.5) is 0 Å². The number of nitrogens with zero attached hydrogens (tertiary/aromatic N) is 3. The first-order valence-electron chi connectivity index (χ1n) is 9.96. The van der Waals surface area contributed by atoms with Gasteiger partial charge in [0.05, 0.1) is 16.8 Å². The summed E-state index contributed by atoms with van der Waals surface area (Å²) in [5, 5.41) is 3.94. The summed E-state index contributed by atoms with van der Waals surface area (Å²) in [7, 11) is 2.13. The van der Waals surface area contributed by atoms with Gasteiger partial charge in [0.15, 0.2) is 0 Å². The summed E-state index contributed by atoms with van der Waals surface area (Å²) in [4.78, 5) is 24.1. The van der Waals surface area contributed by atoms with E-state index in [1.807, 2.05) is 42.5 Å². The van der Waals surface area contributed by atoms with Gasteiger partial charge >= 0.3 is 0 Å². The fraction of sp³-hybridized carbons (Fsp3) is 0.348. The molecule has 0 saturated carbocycles. The molecular formula is C23H28N4O. The lowest BCUT2D eigenvalue weighted by Crippen LogP contribution is -2.28. The minimum atomic E-state index is -0.0556. The first-order valence-corrected chi connectivity index (χ1v) is 9.96. The van der Waals surface area contributed by atoms with Gasteiger partial charge in [-0.1, -0.05) is 31.5 Å². The Bertz CT molecular complexity index is 911. The molecule has 3 rings (SSSR count). The van der Waals surface area contributed by atoms with Crippen molar-refractivity contribution in [3.8, 4) is 11.3 Å². The first kappa shape index (κ1) is 20.0. The van der Waals surface area contributed by atoms with Crippen LogP contribution in [0.15, 0.2) is 54.9 Å². The number of carbonyl (C=O) groups excluding carboxylic acids is 1. The van der Waals surface area contributed by atoms with Crippen LogP contribution in [0.3, 0.4) is 0 Å². The van der Waals surface area contributed by atoms with E-state index in [-0.39, 0.29) is 5.91 Å². The largest absolute Gasteiger partial charge is 0.352 e. The van der Waals surface area contributed by atoms with Crippen LogP contribution < -0.4 is 5.32 Å². The molecule has 5 nitrogen and oxygen atoms in total. The molecule has 0 atom stereocenters. The molecule has 0 saturated heterocycles. The van der Waals surface area contributed by atoms with Crippen molar-refractivity contribution >= 4 is 16.8 Å². The maximum absolute atomic E-state index is 12.9. The molecule has 1 aromatic carbocycles. The molecule has 0 aliphatic heterocycles. The highest BCUT2D eigenvalue weighted by atomic mass is 16.1. The first-order chi connectivity index (χ1) is 13.7. The number of hydrogen-bond acceptors (Lipinski definition) is 4. The lowest BCUT2D eigenvalue weighted by Gasteiger charge is -2.16. The molecule has 3 aromatic rings. The highest BCUT2D eigenvalue weighted by Gasteiger charge is 2.13. The van der Waals surface area contributed by atoms with Crippen molar-refractivity contribution in [2.24, 2.45) is 0 Å². The predicted octanol–water partition coefficient (Wildman–Crippen LogP) is 4.15. The van der Waals surface area contributed by atoms with E-state index in [0.717, 1.165) is 41.7 Å². The number of hydrogen-bond donors (Lipinski definition) is 1. The number of amides is 1. The fourth-order valence-corrected chi connectivity index (χ4v) is 3.21. The van der Waals surface area contributed by atoms with Gasteiger partial charge in [-0.3, -0.25) is 9.78 Å². The van der Waals surface area contributed by atoms with Crippen LogP contribution in [0, 0.1) is 0 Å². The summed E-state index contributed by atoms with van der Waals surface area (Å²) in [5.41, 5.74) is 3.13. The summed E-state index contributed by atoms with van der Waals surface area (Å²) in [5.74, 6) is -0.0556. The standard InChI is InChI=1S/C23H28N4O/c1-3-4-14-27(2)15-8-13-25-23(28)20-16-22(18-9-7-12-24-17-18)26-21-11-6-5-10-19(20)21/h5-7,9-12,16-17H,3-4,8,13-15H2,1-2H3,(H,25,28). The van der Waals surface area contributed by atoms with E-state index in [4.69, 9.17) is 4.98 Å². The lowest BCUT2D eigenvalue weighted by atomic mass is 10.0. The fourth-order valence-electron chi connectivity index (χ4n) is 3.21. The summed E-state index contributed by atoms with van der Waals surface area (Å²) in [6.07, 6.45) is 6.85. The van der Waals surface area contributed by atoms with Crippen molar-refractivity contribution < 1.29 is 4.79 Å². The topological polar surface area (TPSA) is 58.1 Å². The van der Waals surface area contributed by atoms with Crippen LogP contribution in [-0.4, -0.2) is 47.5 Å². The Morgan fingerprint density at radius 2 is 1.93 bits per heavy atom. The minimum absolute atomic E-state index is 0.0556. The number of fused-ring (bicyclic) bond motifs is 1. The van der Waals surface area contributed by atoms with Crippen LogP contribution in [0.5, 0.6) is 0 Å². The van der Waals surface area contributed by atoms with Gasteiger partial charge < -0.3 is 10.2 Å². The van der Waals surface area contributed by atoms with E-state index in [1.165, 1.54) is 12.8 Å². The molecule has 28 heavy (non-hydrogen) atoms. The minimum Gasteiger partial charge on any atom is -0.352 e. The average molecular weight is 377 g/mol. The van der Waals surface area contributed by atoms with E-state index in [9.17, 15) is 4.79 Å². The van der Waals surface area contributed by atoms with Crippen LogP contribution in [0.2, 0.25) is 0 Å². The molecule has 1 N–H and O–H groups in total. The molecule has 2 heterocycles. The van der Waals surface area contributed by atoms with Gasteiger partial charge in [0.2, 0.25) is 0 Å². The summed E-state index contributed by atoms with van der Waals surface area (Å²) in [6.45, 7) is 4.95. The zero-order chi connectivity index (χ0) is 19.8. The average Bonchev–Trinajstić information content (AvgIpc) is 2.75. The van der Waals surface area contributed by atoms with Gasteiger partial charge in [-0.05, 0) is 57.2 Å². The predicted molar refractivity (Wildman–Crippen MR) is 114 cm³/mol. The normalized spacial score (nSPS) is 11.1. The van der Waals surface area contributed by atoms with E-state index in [0.29, 0.717) is 12.1 Å². The smallest absolute Gasteiger partial charge is 0.252 e. The van der Waals surface area contributed by atoms with E-state index in [1.54, 1.807) is 12.4 Å². The van der Waals surface area contributed by atoms with Crippen LogP contribution in [0.25, 0.3) is 22.2 Å². The van der Waals surface area contributed by atoms with E-state index in [2.05, 4.69) is 29.2 Å². The molecule has 0 aliphatic rings. The Morgan fingerprint density at radius 3 is 2.71 bits per heavy atom. The summed E-state index contributed by atoms with van der Waals surface area (Å²) < 4.78 is 0. The zero-order valence-electron chi connectivity index (χ0n) is 16.7. The number of rotatable bonds is 9. The second-order valence-electron chi connectivity index (χ2n) is 7.08. The van der Waals surface area contributed by atoms with Crippen molar-refractivity contribution in [3.63, 3.8) is 0 Å². The number of carbonyl (C=O) groups is 1. The van der Waals surface area contributed by atoms with Crippen molar-refractivity contribution in [2.75, 3.05) is 26.7 Å². The number of pyridine rings is 2. The third-order valence-corrected chi connectivity index (χ3v) is 4.81. The Hall–Kier alpha value is -2.79. The van der Waals surface area contributed by atoms with Gasteiger partial charge in [0.25, 0.3) is 5.91 Å². The molecule has 1 amide bonds. The van der Waals surface area contributed by atoms with E-state index < -0.39 is 0 Å². The Balaban J connectivity index is 1.73.